The fraction of sp³-hybridized carbons (Fsp3) is 0.600. The molecular weight excluding hydrogens is 208 g/mol. The van der Waals surface area contributed by atoms with Crippen molar-refractivity contribution in [2.75, 3.05) is 19.6 Å². The van der Waals surface area contributed by atoms with Gasteiger partial charge in [0.05, 0.1) is 25.0 Å². The third kappa shape index (κ3) is 2.07. The Kier molecular flexibility index (Phi) is 2.69. The lowest BCUT2D eigenvalue weighted by atomic mass is 9.97. The summed E-state index contributed by atoms with van der Waals surface area (Å²) in [6.45, 7) is 3.62. The van der Waals surface area contributed by atoms with Crippen molar-refractivity contribution in [3.63, 3.8) is 0 Å². The Morgan fingerprint density at radius 1 is 1.69 bits per heavy atom. The molecule has 2 heterocycles. The van der Waals surface area contributed by atoms with Crippen molar-refractivity contribution in [1.82, 2.24) is 14.5 Å². The molecule has 0 spiro atoms. The van der Waals surface area contributed by atoms with E-state index in [9.17, 15) is 9.90 Å². The summed E-state index contributed by atoms with van der Waals surface area (Å²) in [4.78, 5) is 17.4. The number of nitrogens with zero attached hydrogens (tertiary/aromatic N) is 3. The molecule has 0 bridgehead atoms. The Hall–Kier alpha value is -1.40. The maximum Gasteiger partial charge on any atom is 0.274 e. The van der Waals surface area contributed by atoms with Crippen LogP contribution in [0.4, 0.5) is 0 Å². The summed E-state index contributed by atoms with van der Waals surface area (Å²) < 4.78 is 1.78. The van der Waals surface area contributed by atoms with Gasteiger partial charge in [-0.15, -0.1) is 0 Å². The van der Waals surface area contributed by atoms with Crippen molar-refractivity contribution in [2.24, 2.45) is 5.73 Å². The van der Waals surface area contributed by atoms with Crippen LogP contribution in [0.5, 0.6) is 0 Å². The number of β-amino-alcohol motifs (C(OH)–C–C–N with tert-alkyl or cyclic N) is 1. The summed E-state index contributed by atoms with van der Waals surface area (Å²) in [5.74, 6) is -0.137. The predicted molar refractivity (Wildman–Crippen MR) is 57.8 cm³/mol. The molecule has 1 fully saturated rings. The van der Waals surface area contributed by atoms with E-state index < -0.39 is 5.60 Å². The van der Waals surface area contributed by atoms with Gasteiger partial charge in [-0.1, -0.05) is 0 Å². The number of amides is 1. The Morgan fingerprint density at radius 2 is 2.38 bits per heavy atom. The van der Waals surface area contributed by atoms with E-state index in [-0.39, 0.29) is 5.91 Å². The SMILES string of the molecule is CC1(O)CN(C(=O)c2cn(CCN)cn2)C1. The molecule has 0 saturated carbocycles. The molecule has 2 rings (SSSR count). The summed E-state index contributed by atoms with van der Waals surface area (Å²) in [5, 5.41) is 9.53. The van der Waals surface area contributed by atoms with Gasteiger partial charge in [-0.05, 0) is 6.92 Å². The van der Waals surface area contributed by atoms with Crippen LogP contribution < -0.4 is 5.73 Å². The second kappa shape index (κ2) is 3.88. The van der Waals surface area contributed by atoms with Crippen LogP contribution >= 0.6 is 0 Å². The van der Waals surface area contributed by atoms with Gasteiger partial charge in [-0.2, -0.15) is 0 Å². The first-order chi connectivity index (χ1) is 7.52. The van der Waals surface area contributed by atoms with E-state index in [0.717, 1.165) is 0 Å². The summed E-state index contributed by atoms with van der Waals surface area (Å²) in [6.07, 6.45) is 3.28. The zero-order valence-electron chi connectivity index (χ0n) is 9.26. The molecule has 1 saturated heterocycles. The molecule has 0 aliphatic carbocycles. The molecule has 0 atom stereocenters. The third-order valence-corrected chi connectivity index (χ3v) is 2.59. The van der Waals surface area contributed by atoms with E-state index in [1.54, 1.807) is 28.9 Å². The number of carbonyl (C=O) groups excluding carboxylic acids is 1. The molecule has 88 valence electrons. The second-order valence-electron chi connectivity index (χ2n) is 4.44. The van der Waals surface area contributed by atoms with Gasteiger partial charge in [0.2, 0.25) is 0 Å². The predicted octanol–water partition coefficient (Wildman–Crippen LogP) is -0.951. The third-order valence-electron chi connectivity index (χ3n) is 2.59. The van der Waals surface area contributed by atoms with Crippen molar-refractivity contribution in [3.8, 4) is 0 Å². The van der Waals surface area contributed by atoms with Crippen LogP contribution in [-0.4, -0.2) is 50.7 Å². The minimum absolute atomic E-state index is 0.137. The number of aromatic nitrogens is 2. The number of carbonyl (C=O) groups is 1. The molecule has 6 heteroatoms. The molecule has 1 aromatic heterocycles. The topological polar surface area (TPSA) is 84.4 Å². The van der Waals surface area contributed by atoms with Gasteiger partial charge in [-0.25, -0.2) is 4.98 Å². The highest BCUT2D eigenvalue weighted by molar-refractivity contribution is 5.92. The normalized spacial score (nSPS) is 18.3. The van der Waals surface area contributed by atoms with Crippen LogP contribution in [0.2, 0.25) is 0 Å². The van der Waals surface area contributed by atoms with Gasteiger partial charge in [0.15, 0.2) is 0 Å². The molecule has 0 unspecified atom stereocenters. The standard InChI is InChI=1S/C10H16N4O2/c1-10(16)5-14(6-10)9(15)8-4-13(3-2-11)7-12-8/h4,7,16H,2-3,5-6,11H2,1H3. The molecule has 1 aromatic rings. The van der Waals surface area contributed by atoms with E-state index in [2.05, 4.69) is 4.98 Å². The quantitative estimate of drug-likeness (QED) is 0.693. The van der Waals surface area contributed by atoms with E-state index in [0.29, 0.717) is 31.9 Å². The van der Waals surface area contributed by atoms with Gasteiger partial charge in [0.1, 0.15) is 5.69 Å². The van der Waals surface area contributed by atoms with E-state index in [1.165, 1.54) is 0 Å². The average Bonchev–Trinajstić information content (AvgIpc) is 2.62. The minimum atomic E-state index is -0.741. The van der Waals surface area contributed by atoms with E-state index in [4.69, 9.17) is 5.73 Å². The molecular formula is C10H16N4O2. The van der Waals surface area contributed by atoms with Crippen LogP contribution in [-0.2, 0) is 6.54 Å². The average molecular weight is 224 g/mol. The smallest absolute Gasteiger partial charge is 0.274 e. The fourth-order valence-corrected chi connectivity index (χ4v) is 1.82. The van der Waals surface area contributed by atoms with Crippen molar-refractivity contribution >= 4 is 5.91 Å². The Balaban J connectivity index is 1.99. The highest BCUT2D eigenvalue weighted by atomic mass is 16.3. The lowest BCUT2D eigenvalue weighted by Crippen LogP contribution is -2.61. The number of hydrogen-bond acceptors (Lipinski definition) is 4. The molecule has 1 aliphatic heterocycles. The van der Waals surface area contributed by atoms with Crippen LogP contribution in [0.3, 0.4) is 0 Å². The van der Waals surface area contributed by atoms with Gasteiger partial charge >= 0.3 is 0 Å². The monoisotopic (exact) mass is 224 g/mol. The molecule has 0 radical (unpaired) electrons. The van der Waals surface area contributed by atoms with Crippen molar-refractivity contribution in [3.05, 3.63) is 18.2 Å². The van der Waals surface area contributed by atoms with Crippen LogP contribution in [0.15, 0.2) is 12.5 Å². The summed E-state index contributed by atoms with van der Waals surface area (Å²) in [7, 11) is 0. The molecule has 1 amide bonds. The van der Waals surface area contributed by atoms with Crippen LogP contribution in [0.25, 0.3) is 0 Å². The van der Waals surface area contributed by atoms with Gasteiger partial charge in [0, 0.05) is 19.3 Å². The first kappa shape index (κ1) is 11.1. The number of hydrogen-bond donors (Lipinski definition) is 2. The van der Waals surface area contributed by atoms with Gasteiger partial charge < -0.3 is 20.3 Å². The summed E-state index contributed by atoms with van der Waals surface area (Å²) in [5.41, 5.74) is 5.07. The van der Waals surface area contributed by atoms with E-state index >= 15 is 0 Å². The first-order valence-corrected chi connectivity index (χ1v) is 5.25. The number of imidazole rings is 1. The zero-order chi connectivity index (χ0) is 11.8. The lowest BCUT2D eigenvalue weighted by molar-refractivity contribution is -0.0670. The number of rotatable bonds is 3. The number of nitrogens with two attached hydrogens (primary N) is 1. The molecule has 16 heavy (non-hydrogen) atoms. The van der Waals surface area contributed by atoms with Crippen molar-refractivity contribution < 1.29 is 9.90 Å². The first-order valence-electron chi connectivity index (χ1n) is 5.25. The van der Waals surface area contributed by atoms with Gasteiger partial charge in [-0.3, -0.25) is 4.79 Å². The molecule has 3 N–H and O–H groups in total. The summed E-state index contributed by atoms with van der Waals surface area (Å²) in [6, 6.07) is 0. The maximum absolute atomic E-state index is 11.8. The van der Waals surface area contributed by atoms with Crippen LogP contribution in [0, 0.1) is 0 Å². The number of aliphatic hydroxyl groups is 1. The zero-order valence-corrected chi connectivity index (χ0v) is 9.26. The minimum Gasteiger partial charge on any atom is -0.386 e. The van der Waals surface area contributed by atoms with Gasteiger partial charge in [0.25, 0.3) is 5.91 Å². The maximum atomic E-state index is 11.8. The largest absolute Gasteiger partial charge is 0.386 e. The van der Waals surface area contributed by atoms with E-state index in [1.807, 2.05) is 0 Å². The Bertz CT molecular complexity index is 391. The Morgan fingerprint density at radius 3 is 2.94 bits per heavy atom. The fourth-order valence-electron chi connectivity index (χ4n) is 1.82. The second-order valence-corrected chi connectivity index (χ2v) is 4.44. The molecule has 6 nitrogen and oxygen atoms in total. The van der Waals surface area contributed by atoms with Crippen molar-refractivity contribution in [2.45, 2.75) is 19.1 Å². The molecule has 1 aliphatic rings. The highest BCUT2D eigenvalue weighted by Crippen LogP contribution is 2.21. The summed E-state index contributed by atoms with van der Waals surface area (Å²) >= 11 is 0. The van der Waals surface area contributed by atoms with Crippen molar-refractivity contribution in [1.29, 1.82) is 0 Å². The van der Waals surface area contributed by atoms with Crippen LogP contribution in [0.1, 0.15) is 17.4 Å². The lowest BCUT2D eigenvalue weighted by Gasteiger charge is -2.43. The molecule has 0 aromatic carbocycles. The highest BCUT2D eigenvalue weighted by Gasteiger charge is 2.40. The number of likely N-dealkylation sites (tertiary alicyclic amines) is 1. The Labute approximate surface area is 93.7 Å².